The summed E-state index contributed by atoms with van der Waals surface area (Å²) >= 11 is 5.82. The van der Waals surface area contributed by atoms with Crippen LogP contribution in [0.3, 0.4) is 0 Å². The highest BCUT2D eigenvalue weighted by atomic mass is 35.5. The smallest absolute Gasteiger partial charge is 0.251 e. The van der Waals surface area contributed by atoms with E-state index in [2.05, 4.69) is 43.3 Å². The Morgan fingerprint density at radius 2 is 1.95 bits per heavy atom. The van der Waals surface area contributed by atoms with Crippen molar-refractivity contribution >= 4 is 17.5 Å². The molecule has 0 saturated carbocycles. The lowest BCUT2D eigenvalue weighted by Gasteiger charge is -2.46. The van der Waals surface area contributed by atoms with E-state index in [1.54, 1.807) is 18.3 Å². The zero-order valence-corrected chi connectivity index (χ0v) is 13.2. The molecule has 0 spiro atoms. The highest BCUT2D eigenvalue weighted by molar-refractivity contribution is 6.29. The maximum absolute atomic E-state index is 12.3. The molecule has 5 heteroatoms. The fourth-order valence-corrected chi connectivity index (χ4v) is 3.41. The second-order valence-corrected chi connectivity index (χ2v) is 7.23. The molecule has 1 fully saturated rings. The first-order chi connectivity index (χ1) is 9.17. The van der Waals surface area contributed by atoms with Crippen molar-refractivity contribution in [2.45, 2.75) is 57.7 Å². The molecule has 0 radical (unpaired) electrons. The zero-order valence-electron chi connectivity index (χ0n) is 12.5. The van der Waals surface area contributed by atoms with E-state index >= 15 is 0 Å². The molecule has 1 saturated heterocycles. The van der Waals surface area contributed by atoms with Gasteiger partial charge in [0.2, 0.25) is 0 Å². The summed E-state index contributed by atoms with van der Waals surface area (Å²) in [6.07, 6.45) is 3.36. The van der Waals surface area contributed by atoms with Crippen LogP contribution in [0.2, 0.25) is 5.15 Å². The van der Waals surface area contributed by atoms with E-state index in [4.69, 9.17) is 11.6 Å². The van der Waals surface area contributed by atoms with Gasteiger partial charge in [0.1, 0.15) is 5.15 Å². The minimum Gasteiger partial charge on any atom is -0.349 e. The molecule has 0 atom stereocenters. The average molecular weight is 296 g/mol. The first-order valence-corrected chi connectivity index (χ1v) is 7.26. The van der Waals surface area contributed by atoms with Crippen LogP contribution in [0.5, 0.6) is 0 Å². The van der Waals surface area contributed by atoms with Gasteiger partial charge in [-0.05, 0) is 52.7 Å². The quantitative estimate of drug-likeness (QED) is 0.825. The van der Waals surface area contributed by atoms with Crippen LogP contribution in [0, 0.1) is 0 Å². The topological polar surface area (TPSA) is 54.0 Å². The number of nitrogens with zero attached hydrogens (tertiary/aromatic N) is 1. The Morgan fingerprint density at radius 3 is 2.50 bits per heavy atom. The number of halogens is 1. The molecule has 2 N–H and O–H groups in total. The number of hydrogen-bond acceptors (Lipinski definition) is 3. The summed E-state index contributed by atoms with van der Waals surface area (Å²) in [5.74, 6) is -0.0900. The van der Waals surface area contributed by atoms with Crippen molar-refractivity contribution in [2.75, 3.05) is 0 Å². The highest BCUT2D eigenvalue weighted by Crippen LogP contribution is 2.28. The van der Waals surface area contributed by atoms with E-state index in [1.165, 1.54) is 0 Å². The van der Waals surface area contributed by atoms with Gasteiger partial charge in [0, 0.05) is 28.9 Å². The van der Waals surface area contributed by atoms with Gasteiger partial charge in [-0.15, -0.1) is 0 Å². The van der Waals surface area contributed by atoms with Crippen molar-refractivity contribution in [3.8, 4) is 0 Å². The van der Waals surface area contributed by atoms with Gasteiger partial charge in [0.05, 0.1) is 0 Å². The Hall–Kier alpha value is -1.13. The molecule has 2 rings (SSSR count). The number of aromatic nitrogens is 1. The van der Waals surface area contributed by atoms with Gasteiger partial charge in [-0.2, -0.15) is 0 Å². The molecular weight excluding hydrogens is 274 g/mol. The predicted molar refractivity (Wildman–Crippen MR) is 81.0 cm³/mol. The molecule has 1 aromatic rings. The van der Waals surface area contributed by atoms with E-state index in [1.807, 2.05) is 0 Å². The van der Waals surface area contributed by atoms with Crippen molar-refractivity contribution in [2.24, 2.45) is 0 Å². The molecule has 1 amide bonds. The first kappa shape index (κ1) is 15.3. The number of pyridine rings is 1. The van der Waals surface area contributed by atoms with Gasteiger partial charge < -0.3 is 10.6 Å². The molecule has 4 nitrogen and oxygen atoms in total. The maximum atomic E-state index is 12.3. The molecule has 0 unspecified atom stereocenters. The monoisotopic (exact) mass is 295 g/mol. The molecule has 20 heavy (non-hydrogen) atoms. The zero-order chi connectivity index (χ0) is 15.0. The number of piperidine rings is 1. The second kappa shape index (κ2) is 5.34. The third-order valence-corrected chi connectivity index (χ3v) is 3.72. The first-order valence-electron chi connectivity index (χ1n) is 6.89. The van der Waals surface area contributed by atoms with Gasteiger partial charge >= 0.3 is 0 Å². The highest BCUT2D eigenvalue weighted by Gasteiger charge is 2.38. The number of amides is 1. The van der Waals surface area contributed by atoms with E-state index in [9.17, 15) is 4.79 Å². The van der Waals surface area contributed by atoms with Gasteiger partial charge in [0.15, 0.2) is 0 Å². The van der Waals surface area contributed by atoms with Crippen molar-refractivity contribution in [3.05, 3.63) is 29.0 Å². The van der Waals surface area contributed by atoms with Crippen LogP contribution in [0.25, 0.3) is 0 Å². The van der Waals surface area contributed by atoms with Crippen molar-refractivity contribution in [1.82, 2.24) is 15.6 Å². The lowest BCUT2D eigenvalue weighted by molar-refractivity contribution is 0.0873. The third-order valence-electron chi connectivity index (χ3n) is 3.51. The summed E-state index contributed by atoms with van der Waals surface area (Å²) in [6.45, 7) is 8.65. The number of carbonyl (C=O) groups excluding carboxylic acids is 1. The molecule has 110 valence electrons. The molecule has 1 aliphatic heterocycles. The van der Waals surface area contributed by atoms with Gasteiger partial charge in [-0.3, -0.25) is 4.79 Å². The molecule has 0 aliphatic carbocycles. The number of hydrogen-bond donors (Lipinski definition) is 2. The number of rotatable bonds is 2. The molecule has 2 heterocycles. The molecule has 0 bridgehead atoms. The van der Waals surface area contributed by atoms with Crippen LogP contribution in [-0.2, 0) is 0 Å². The Balaban J connectivity index is 2.08. The Labute approximate surface area is 125 Å². The fraction of sp³-hybridized carbons (Fsp3) is 0.600. The number of nitrogens with one attached hydrogen (secondary N) is 2. The Bertz CT molecular complexity index is 498. The summed E-state index contributed by atoms with van der Waals surface area (Å²) in [5.41, 5.74) is 0.574. The summed E-state index contributed by atoms with van der Waals surface area (Å²) in [5, 5.41) is 7.05. The lowest BCUT2D eigenvalue weighted by atomic mass is 9.79. The fourth-order valence-electron chi connectivity index (χ4n) is 3.24. The van der Waals surface area contributed by atoms with Crippen molar-refractivity contribution in [1.29, 1.82) is 0 Å². The Morgan fingerprint density at radius 1 is 1.35 bits per heavy atom. The summed E-state index contributed by atoms with van der Waals surface area (Å²) in [7, 11) is 0. The maximum Gasteiger partial charge on any atom is 0.251 e. The van der Waals surface area contributed by atoms with E-state index < -0.39 is 0 Å². The normalized spacial score (nSPS) is 21.4. The molecule has 1 aromatic heterocycles. The van der Waals surface area contributed by atoms with E-state index in [0.29, 0.717) is 10.7 Å². The minimum absolute atomic E-state index is 0.00951. The number of carbonyl (C=O) groups is 1. The van der Waals surface area contributed by atoms with Crippen LogP contribution in [0.4, 0.5) is 0 Å². The summed E-state index contributed by atoms with van der Waals surface area (Å²) in [4.78, 5) is 16.2. The third kappa shape index (κ3) is 3.93. The van der Waals surface area contributed by atoms with Crippen LogP contribution >= 0.6 is 11.6 Å². The van der Waals surface area contributed by atoms with Crippen LogP contribution < -0.4 is 10.6 Å². The molecule has 1 aliphatic rings. The van der Waals surface area contributed by atoms with Gasteiger partial charge in [0.25, 0.3) is 5.91 Å². The predicted octanol–water partition coefficient (Wildman–Crippen LogP) is 2.77. The minimum atomic E-state index is -0.0900. The molecular formula is C15H22ClN3O. The van der Waals surface area contributed by atoms with E-state index in [0.717, 1.165) is 12.8 Å². The van der Waals surface area contributed by atoms with Crippen LogP contribution in [0.1, 0.15) is 50.9 Å². The van der Waals surface area contributed by atoms with E-state index in [-0.39, 0.29) is 23.0 Å². The second-order valence-electron chi connectivity index (χ2n) is 6.84. The van der Waals surface area contributed by atoms with Crippen molar-refractivity contribution in [3.63, 3.8) is 0 Å². The summed E-state index contributed by atoms with van der Waals surface area (Å²) < 4.78 is 0. The molecule has 0 aromatic carbocycles. The standard InChI is InChI=1S/C15H22ClN3O/c1-14(2)8-11(9-15(3,4)19-14)18-13(20)10-5-6-17-12(16)7-10/h5-7,11,19H,8-9H2,1-4H3,(H,18,20). The lowest BCUT2D eigenvalue weighted by Crippen LogP contribution is -2.62. The average Bonchev–Trinajstić information content (AvgIpc) is 2.24. The van der Waals surface area contributed by atoms with Crippen LogP contribution in [-0.4, -0.2) is 28.0 Å². The van der Waals surface area contributed by atoms with Crippen LogP contribution in [0.15, 0.2) is 18.3 Å². The van der Waals surface area contributed by atoms with Gasteiger partial charge in [-0.1, -0.05) is 11.6 Å². The Kier molecular flexibility index (Phi) is 4.07. The largest absolute Gasteiger partial charge is 0.349 e. The van der Waals surface area contributed by atoms with Gasteiger partial charge in [-0.25, -0.2) is 4.98 Å². The summed E-state index contributed by atoms with van der Waals surface area (Å²) in [6, 6.07) is 3.42. The SMILES string of the molecule is CC1(C)CC(NC(=O)c2ccnc(Cl)c2)CC(C)(C)N1. The van der Waals surface area contributed by atoms with Crippen molar-refractivity contribution < 1.29 is 4.79 Å².